The lowest BCUT2D eigenvalue weighted by Crippen LogP contribution is -2.13. The number of para-hydroxylation sites is 1. The van der Waals surface area contributed by atoms with Crippen LogP contribution in [0.2, 0.25) is 5.02 Å². The highest BCUT2D eigenvalue weighted by Crippen LogP contribution is 2.26. The van der Waals surface area contributed by atoms with E-state index in [9.17, 15) is 10.1 Å². The second-order valence-corrected chi connectivity index (χ2v) is 7.58. The molecule has 5 nitrogen and oxygen atoms in total. The summed E-state index contributed by atoms with van der Waals surface area (Å²) in [6.07, 6.45) is 3.55. The monoisotopic (exact) mass is 441 g/mol. The van der Waals surface area contributed by atoms with Crippen molar-refractivity contribution in [3.05, 3.63) is 101 Å². The number of nitrogens with zero attached hydrogens (tertiary/aromatic N) is 2. The standard InChI is InChI=1S/C26H20ClN3O2/c1-32-22-9-6-8-21(14-22)29-26(31)19(15-28)13-20-17-30(25-12-5-3-10-23(20)25)16-18-7-2-4-11-24(18)27/h2-14,17H,16H2,1H3,(H,29,31)/b19-13+. The number of carbonyl (C=O) groups excluding carboxylic acids is 1. The summed E-state index contributed by atoms with van der Waals surface area (Å²) in [7, 11) is 1.56. The van der Waals surface area contributed by atoms with Crippen molar-refractivity contribution in [1.29, 1.82) is 5.26 Å². The molecule has 0 fully saturated rings. The van der Waals surface area contributed by atoms with E-state index in [4.69, 9.17) is 16.3 Å². The highest BCUT2D eigenvalue weighted by Gasteiger charge is 2.14. The number of aromatic nitrogens is 1. The molecule has 1 heterocycles. The molecule has 0 aliphatic carbocycles. The molecule has 4 aromatic rings. The Morgan fingerprint density at radius 3 is 2.69 bits per heavy atom. The number of carbonyl (C=O) groups is 1. The van der Waals surface area contributed by atoms with Crippen molar-refractivity contribution < 1.29 is 9.53 Å². The summed E-state index contributed by atoms with van der Waals surface area (Å²) in [4.78, 5) is 12.8. The van der Waals surface area contributed by atoms with Crippen LogP contribution in [-0.2, 0) is 11.3 Å². The highest BCUT2D eigenvalue weighted by molar-refractivity contribution is 6.31. The van der Waals surface area contributed by atoms with E-state index in [1.807, 2.05) is 60.8 Å². The first-order valence-electron chi connectivity index (χ1n) is 9.97. The number of methoxy groups -OCH3 is 1. The first-order chi connectivity index (χ1) is 15.6. The quantitative estimate of drug-likeness (QED) is 0.299. The predicted octanol–water partition coefficient (Wildman–Crippen LogP) is 5.90. The van der Waals surface area contributed by atoms with Gasteiger partial charge >= 0.3 is 0 Å². The van der Waals surface area contributed by atoms with Crippen LogP contribution in [0.5, 0.6) is 5.75 Å². The van der Waals surface area contributed by atoms with Crippen LogP contribution in [-0.4, -0.2) is 17.6 Å². The van der Waals surface area contributed by atoms with Crippen molar-refractivity contribution in [3.8, 4) is 11.8 Å². The second-order valence-electron chi connectivity index (χ2n) is 7.18. The molecular weight excluding hydrogens is 422 g/mol. The molecule has 3 aromatic carbocycles. The van der Waals surface area contributed by atoms with Crippen molar-refractivity contribution in [1.82, 2.24) is 4.57 Å². The van der Waals surface area contributed by atoms with E-state index in [2.05, 4.69) is 9.88 Å². The van der Waals surface area contributed by atoms with Gasteiger partial charge in [0.15, 0.2) is 0 Å². The summed E-state index contributed by atoms with van der Waals surface area (Å²) in [6.45, 7) is 0.575. The maximum absolute atomic E-state index is 12.8. The topological polar surface area (TPSA) is 67.0 Å². The van der Waals surface area contributed by atoms with Crippen molar-refractivity contribution in [2.45, 2.75) is 6.54 Å². The predicted molar refractivity (Wildman–Crippen MR) is 128 cm³/mol. The first kappa shape index (κ1) is 21.2. The van der Waals surface area contributed by atoms with Crippen molar-refractivity contribution in [2.75, 3.05) is 12.4 Å². The summed E-state index contributed by atoms with van der Waals surface area (Å²) >= 11 is 6.35. The number of hydrogen-bond acceptors (Lipinski definition) is 3. The number of anilines is 1. The molecule has 32 heavy (non-hydrogen) atoms. The molecular formula is C26H20ClN3O2. The summed E-state index contributed by atoms with van der Waals surface area (Å²) < 4.78 is 7.25. The van der Waals surface area contributed by atoms with Gasteiger partial charge in [-0.25, -0.2) is 0 Å². The summed E-state index contributed by atoms with van der Waals surface area (Å²) in [5.41, 5.74) is 3.32. The van der Waals surface area contributed by atoms with Crippen LogP contribution >= 0.6 is 11.6 Å². The number of rotatable bonds is 6. The number of hydrogen-bond donors (Lipinski definition) is 1. The van der Waals surface area contributed by atoms with Crippen molar-refractivity contribution in [2.24, 2.45) is 0 Å². The van der Waals surface area contributed by atoms with E-state index < -0.39 is 5.91 Å². The third-order valence-corrected chi connectivity index (χ3v) is 5.48. The minimum atomic E-state index is -0.483. The molecule has 0 unspecified atom stereocenters. The Kier molecular flexibility index (Phi) is 6.25. The van der Waals surface area contributed by atoms with Crippen LogP contribution in [0.3, 0.4) is 0 Å². The lowest BCUT2D eigenvalue weighted by molar-refractivity contribution is -0.112. The molecule has 0 saturated carbocycles. The van der Waals surface area contributed by atoms with Gasteiger partial charge in [-0.15, -0.1) is 0 Å². The molecule has 6 heteroatoms. The maximum atomic E-state index is 12.8. The molecule has 158 valence electrons. The van der Waals surface area contributed by atoms with E-state index in [0.717, 1.165) is 22.0 Å². The number of halogens is 1. The van der Waals surface area contributed by atoms with Gasteiger partial charge in [0.1, 0.15) is 17.4 Å². The van der Waals surface area contributed by atoms with Crippen molar-refractivity contribution >= 4 is 40.2 Å². The van der Waals surface area contributed by atoms with Gasteiger partial charge in [0.2, 0.25) is 0 Å². The summed E-state index contributed by atoms with van der Waals surface area (Å²) in [6, 6.07) is 24.6. The number of nitrogens with one attached hydrogen (secondary N) is 1. The van der Waals surface area contributed by atoms with Crippen LogP contribution in [0.1, 0.15) is 11.1 Å². The summed E-state index contributed by atoms with van der Waals surface area (Å²) in [5.74, 6) is 0.136. The third-order valence-electron chi connectivity index (χ3n) is 5.11. The van der Waals surface area contributed by atoms with Gasteiger partial charge in [0.05, 0.1) is 7.11 Å². The van der Waals surface area contributed by atoms with Crippen LogP contribution in [0.15, 0.2) is 84.6 Å². The average molecular weight is 442 g/mol. The molecule has 1 aromatic heterocycles. The van der Waals surface area contributed by atoms with Gasteiger partial charge in [-0.3, -0.25) is 4.79 Å². The number of benzene rings is 3. The van der Waals surface area contributed by atoms with Gasteiger partial charge in [-0.05, 0) is 35.9 Å². The van der Waals surface area contributed by atoms with E-state index in [-0.39, 0.29) is 5.57 Å². The minimum absolute atomic E-state index is 0.00784. The number of nitriles is 1. The molecule has 0 radical (unpaired) electrons. The Bertz CT molecular complexity index is 1370. The number of amides is 1. The van der Waals surface area contributed by atoms with E-state index in [1.54, 1.807) is 37.5 Å². The van der Waals surface area contributed by atoms with E-state index in [0.29, 0.717) is 23.0 Å². The Morgan fingerprint density at radius 2 is 1.91 bits per heavy atom. The average Bonchev–Trinajstić information content (AvgIpc) is 3.16. The highest BCUT2D eigenvalue weighted by atomic mass is 35.5. The van der Waals surface area contributed by atoms with Gasteiger partial charge in [0.25, 0.3) is 5.91 Å². The second kappa shape index (κ2) is 9.42. The molecule has 0 saturated heterocycles. The zero-order valence-corrected chi connectivity index (χ0v) is 18.1. The fraction of sp³-hybridized carbons (Fsp3) is 0.0769. The molecule has 0 aliphatic rings. The van der Waals surface area contributed by atoms with E-state index in [1.165, 1.54) is 0 Å². The zero-order valence-electron chi connectivity index (χ0n) is 17.4. The SMILES string of the molecule is COc1cccc(NC(=O)/C(C#N)=C/c2cn(Cc3ccccc3Cl)c3ccccc23)c1. The minimum Gasteiger partial charge on any atom is -0.497 e. The number of fused-ring (bicyclic) bond motifs is 1. The molecule has 0 bridgehead atoms. The Hall–Kier alpha value is -4.01. The molecule has 4 rings (SSSR count). The fourth-order valence-electron chi connectivity index (χ4n) is 3.53. The lowest BCUT2D eigenvalue weighted by Gasteiger charge is -2.07. The molecule has 1 amide bonds. The number of ether oxygens (including phenoxy) is 1. The van der Waals surface area contributed by atoms with Crippen LogP contribution in [0.25, 0.3) is 17.0 Å². The first-order valence-corrected chi connectivity index (χ1v) is 10.4. The molecule has 1 N–H and O–H groups in total. The molecule has 0 atom stereocenters. The molecule has 0 spiro atoms. The van der Waals surface area contributed by atoms with Crippen LogP contribution in [0, 0.1) is 11.3 Å². The largest absolute Gasteiger partial charge is 0.497 e. The lowest BCUT2D eigenvalue weighted by atomic mass is 10.1. The Morgan fingerprint density at radius 1 is 1.12 bits per heavy atom. The fourth-order valence-corrected chi connectivity index (χ4v) is 3.73. The Balaban J connectivity index is 1.68. The van der Waals surface area contributed by atoms with Crippen molar-refractivity contribution in [3.63, 3.8) is 0 Å². The summed E-state index contributed by atoms with van der Waals surface area (Å²) in [5, 5.41) is 14.1. The third kappa shape index (κ3) is 4.51. The molecule has 0 aliphatic heterocycles. The van der Waals surface area contributed by atoms with Gasteiger partial charge < -0.3 is 14.6 Å². The smallest absolute Gasteiger partial charge is 0.266 e. The van der Waals surface area contributed by atoms with Gasteiger partial charge in [-0.2, -0.15) is 5.26 Å². The Labute approximate surface area is 191 Å². The van der Waals surface area contributed by atoms with Crippen LogP contribution < -0.4 is 10.1 Å². The van der Waals surface area contributed by atoms with E-state index >= 15 is 0 Å². The zero-order chi connectivity index (χ0) is 22.5. The maximum Gasteiger partial charge on any atom is 0.266 e. The van der Waals surface area contributed by atoms with Crippen LogP contribution in [0.4, 0.5) is 5.69 Å². The van der Waals surface area contributed by atoms with Gasteiger partial charge in [0, 0.05) is 46.0 Å². The van der Waals surface area contributed by atoms with Gasteiger partial charge in [-0.1, -0.05) is 54.1 Å². The normalized spacial score (nSPS) is 11.2.